The van der Waals surface area contributed by atoms with Crippen molar-refractivity contribution < 1.29 is 19.8 Å². The highest BCUT2D eigenvalue weighted by molar-refractivity contribution is 5.98. The summed E-state index contributed by atoms with van der Waals surface area (Å²) in [5.41, 5.74) is 2.32. The number of aryl methyl sites for hydroxylation is 2. The molecule has 0 radical (unpaired) electrons. The van der Waals surface area contributed by atoms with Crippen LogP contribution >= 0.6 is 0 Å². The fourth-order valence-electron chi connectivity index (χ4n) is 2.17. The summed E-state index contributed by atoms with van der Waals surface area (Å²) in [6, 6.07) is 5.51. The molecular formula is C13H13NO4. The van der Waals surface area contributed by atoms with Gasteiger partial charge in [-0.15, -0.1) is 0 Å². The number of carbonyl (C=O) groups is 2. The van der Waals surface area contributed by atoms with Crippen molar-refractivity contribution in [2.75, 3.05) is 0 Å². The molecule has 0 spiro atoms. The van der Waals surface area contributed by atoms with Gasteiger partial charge in [-0.05, 0) is 30.5 Å². The number of aromatic amines is 1. The minimum absolute atomic E-state index is 0.0818. The number of carboxylic acid groups (broad SMARTS) is 2. The van der Waals surface area contributed by atoms with Crippen LogP contribution in [0.15, 0.2) is 18.2 Å². The quantitative estimate of drug-likeness (QED) is 0.772. The predicted octanol–water partition coefficient (Wildman–Crippen LogP) is 2.19. The first-order valence-electron chi connectivity index (χ1n) is 5.56. The SMILES string of the molecule is Cc1cccc2[nH]c(C(=O)O)c(CCC(=O)O)c12. The van der Waals surface area contributed by atoms with Crippen molar-refractivity contribution in [1.29, 1.82) is 0 Å². The molecule has 2 rings (SSSR count). The van der Waals surface area contributed by atoms with E-state index < -0.39 is 11.9 Å². The Hall–Kier alpha value is -2.30. The van der Waals surface area contributed by atoms with E-state index in [2.05, 4.69) is 4.98 Å². The molecule has 0 saturated heterocycles. The Bertz CT molecular complexity index is 627. The molecule has 1 heterocycles. The zero-order chi connectivity index (χ0) is 13.3. The maximum absolute atomic E-state index is 11.2. The van der Waals surface area contributed by atoms with Gasteiger partial charge >= 0.3 is 11.9 Å². The van der Waals surface area contributed by atoms with Gasteiger partial charge in [-0.2, -0.15) is 0 Å². The van der Waals surface area contributed by atoms with Crippen LogP contribution in [-0.2, 0) is 11.2 Å². The molecule has 18 heavy (non-hydrogen) atoms. The van der Waals surface area contributed by atoms with Gasteiger partial charge in [0.25, 0.3) is 0 Å². The summed E-state index contributed by atoms with van der Waals surface area (Å²) in [6.45, 7) is 1.88. The number of H-pyrrole nitrogens is 1. The summed E-state index contributed by atoms with van der Waals surface area (Å²) >= 11 is 0. The molecule has 0 atom stereocenters. The van der Waals surface area contributed by atoms with Gasteiger partial charge in [-0.1, -0.05) is 12.1 Å². The molecule has 0 saturated carbocycles. The van der Waals surface area contributed by atoms with E-state index in [1.165, 1.54) is 0 Å². The Morgan fingerprint density at radius 3 is 2.61 bits per heavy atom. The number of hydrogen-bond donors (Lipinski definition) is 3. The Morgan fingerprint density at radius 1 is 1.28 bits per heavy atom. The molecule has 0 bridgehead atoms. The van der Waals surface area contributed by atoms with Gasteiger partial charge in [0, 0.05) is 17.3 Å². The largest absolute Gasteiger partial charge is 0.481 e. The number of rotatable bonds is 4. The molecule has 0 aliphatic rings. The Labute approximate surface area is 103 Å². The predicted molar refractivity (Wildman–Crippen MR) is 66.0 cm³/mol. The molecule has 5 nitrogen and oxygen atoms in total. The molecule has 1 aromatic heterocycles. The Morgan fingerprint density at radius 2 is 2.00 bits per heavy atom. The van der Waals surface area contributed by atoms with E-state index in [-0.39, 0.29) is 18.5 Å². The van der Waals surface area contributed by atoms with Crippen LogP contribution in [0.2, 0.25) is 0 Å². The summed E-state index contributed by atoms with van der Waals surface area (Å²) < 4.78 is 0. The van der Waals surface area contributed by atoms with Crippen LogP contribution in [0.3, 0.4) is 0 Å². The lowest BCUT2D eigenvalue weighted by atomic mass is 10.0. The second kappa shape index (κ2) is 4.52. The van der Waals surface area contributed by atoms with Crippen LogP contribution in [0.4, 0.5) is 0 Å². The number of aromatic carboxylic acids is 1. The average molecular weight is 247 g/mol. The molecule has 0 aliphatic carbocycles. The summed E-state index contributed by atoms with van der Waals surface area (Å²) in [5.74, 6) is -2.00. The van der Waals surface area contributed by atoms with Crippen LogP contribution < -0.4 is 0 Å². The zero-order valence-corrected chi connectivity index (χ0v) is 9.86. The first kappa shape index (κ1) is 12.2. The third-order valence-electron chi connectivity index (χ3n) is 2.94. The fourth-order valence-corrected chi connectivity index (χ4v) is 2.17. The van der Waals surface area contributed by atoms with Crippen LogP contribution in [0.5, 0.6) is 0 Å². The summed E-state index contributed by atoms with van der Waals surface area (Å²) in [4.78, 5) is 24.6. The summed E-state index contributed by atoms with van der Waals surface area (Å²) in [7, 11) is 0. The number of carboxylic acids is 2. The molecule has 5 heteroatoms. The topological polar surface area (TPSA) is 90.4 Å². The maximum atomic E-state index is 11.2. The number of aromatic nitrogens is 1. The Balaban J connectivity index is 2.61. The number of hydrogen-bond acceptors (Lipinski definition) is 2. The van der Waals surface area contributed by atoms with Gasteiger partial charge in [-0.3, -0.25) is 4.79 Å². The van der Waals surface area contributed by atoms with E-state index in [1.807, 2.05) is 19.1 Å². The van der Waals surface area contributed by atoms with Crippen molar-refractivity contribution in [1.82, 2.24) is 4.98 Å². The smallest absolute Gasteiger partial charge is 0.352 e. The van der Waals surface area contributed by atoms with Crippen molar-refractivity contribution in [2.24, 2.45) is 0 Å². The van der Waals surface area contributed by atoms with E-state index in [0.29, 0.717) is 5.56 Å². The van der Waals surface area contributed by atoms with E-state index in [1.54, 1.807) is 6.07 Å². The van der Waals surface area contributed by atoms with Crippen molar-refractivity contribution in [2.45, 2.75) is 19.8 Å². The first-order chi connectivity index (χ1) is 8.50. The summed E-state index contributed by atoms with van der Waals surface area (Å²) in [5, 5.41) is 18.7. The standard InChI is InChI=1S/C13H13NO4/c1-7-3-2-4-9-11(7)8(5-6-10(15)16)12(14-9)13(17)18/h2-4,14H,5-6H2,1H3,(H,15,16)(H,17,18). The van der Waals surface area contributed by atoms with Gasteiger partial charge in [-0.25, -0.2) is 4.79 Å². The number of benzene rings is 1. The van der Waals surface area contributed by atoms with Gasteiger partial charge in [0.2, 0.25) is 0 Å². The number of aliphatic carboxylic acids is 1. The van der Waals surface area contributed by atoms with E-state index in [4.69, 9.17) is 10.2 Å². The average Bonchev–Trinajstić information content (AvgIpc) is 2.66. The fraction of sp³-hybridized carbons (Fsp3) is 0.231. The molecule has 1 aromatic carbocycles. The van der Waals surface area contributed by atoms with Gasteiger partial charge < -0.3 is 15.2 Å². The molecule has 0 fully saturated rings. The second-order valence-electron chi connectivity index (χ2n) is 4.17. The number of nitrogens with one attached hydrogen (secondary N) is 1. The minimum atomic E-state index is -1.06. The maximum Gasteiger partial charge on any atom is 0.352 e. The number of fused-ring (bicyclic) bond motifs is 1. The molecule has 94 valence electrons. The molecule has 3 N–H and O–H groups in total. The third kappa shape index (κ3) is 2.07. The van der Waals surface area contributed by atoms with E-state index >= 15 is 0 Å². The van der Waals surface area contributed by atoms with Crippen molar-refractivity contribution in [3.05, 3.63) is 35.0 Å². The lowest BCUT2D eigenvalue weighted by Gasteiger charge is -2.01. The lowest BCUT2D eigenvalue weighted by molar-refractivity contribution is -0.136. The van der Waals surface area contributed by atoms with E-state index in [9.17, 15) is 9.59 Å². The zero-order valence-electron chi connectivity index (χ0n) is 9.86. The molecular weight excluding hydrogens is 234 g/mol. The highest BCUT2D eigenvalue weighted by Gasteiger charge is 2.18. The van der Waals surface area contributed by atoms with Crippen molar-refractivity contribution in [3.63, 3.8) is 0 Å². The minimum Gasteiger partial charge on any atom is -0.481 e. The van der Waals surface area contributed by atoms with Gasteiger partial charge in [0.1, 0.15) is 5.69 Å². The lowest BCUT2D eigenvalue weighted by Crippen LogP contribution is -2.04. The van der Waals surface area contributed by atoms with Crippen molar-refractivity contribution >= 4 is 22.8 Å². The van der Waals surface area contributed by atoms with Crippen molar-refractivity contribution in [3.8, 4) is 0 Å². The Kier molecular flexibility index (Phi) is 3.06. The van der Waals surface area contributed by atoms with Crippen LogP contribution in [-0.4, -0.2) is 27.1 Å². The molecule has 0 unspecified atom stereocenters. The van der Waals surface area contributed by atoms with E-state index in [0.717, 1.165) is 16.5 Å². The van der Waals surface area contributed by atoms with Crippen LogP contribution in [0.1, 0.15) is 28.0 Å². The van der Waals surface area contributed by atoms with Gasteiger partial charge in [0.05, 0.1) is 0 Å². The highest BCUT2D eigenvalue weighted by atomic mass is 16.4. The van der Waals surface area contributed by atoms with Crippen LogP contribution in [0, 0.1) is 6.92 Å². The molecule has 2 aromatic rings. The summed E-state index contributed by atoms with van der Waals surface area (Å²) in [6.07, 6.45) is 0.128. The monoisotopic (exact) mass is 247 g/mol. The van der Waals surface area contributed by atoms with Crippen LogP contribution in [0.25, 0.3) is 10.9 Å². The highest BCUT2D eigenvalue weighted by Crippen LogP contribution is 2.27. The van der Waals surface area contributed by atoms with Gasteiger partial charge in [0.15, 0.2) is 0 Å². The third-order valence-corrected chi connectivity index (χ3v) is 2.94. The normalized spacial score (nSPS) is 10.7. The second-order valence-corrected chi connectivity index (χ2v) is 4.17. The molecule has 0 aliphatic heterocycles. The first-order valence-corrected chi connectivity index (χ1v) is 5.56. The molecule has 0 amide bonds.